The molecule has 0 fully saturated rings. The number of rotatable bonds is 7. The van der Waals surface area contributed by atoms with E-state index in [0.717, 1.165) is 4.90 Å². The number of hydrogen-bond donors (Lipinski definition) is 3. The van der Waals surface area contributed by atoms with Crippen molar-refractivity contribution in [1.29, 1.82) is 0 Å². The van der Waals surface area contributed by atoms with E-state index in [0.29, 0.717) is 34.8 Å². The Hall–Kier alpha value is -3.33. The molecule has 9 heteroatoms. The molecule has 156 valence electrons. The van der Waals surface area contributed by atoms with Gasteiger partial charge in [-0.05, 0) is 49.4 Å². The maximum Gasteiger partial charge on any atom is 0.253 e. The molecule has 2 aromatic rings. The van der Waals surface area contributed by atoms with E-state index in [1.165, 1.54) is 23.9 Å². The van der Waals surface area contributed by atoms with Gasteiger partial charge in [0.1, 0.15) is 0 Å². The SMILES string of the molecule is CCN(CCC(=O)Nc1ccc(C(N)=O)cc1)C(=O)c1ccc2c(c1)NC(=O)CS2. The van der Waals surface area contributed by atoms with Crippen molar-refractivity contribution < 1.29 is 19.2 Å². The van der Waals surface area contributed by atoms with Crippen LogP contribution in [-0.2, 0) is 9.59 Å². The molecule has 0 aromatic heterocycles. The minimum absolute atomic E-state index is 0.0926. The van der Waals surface area contributed by atoms with Gasteiger partial charge in [-0.1, -0.05) is 0 Å². The van der Waals surface area contributed by atoms with Crippen LogP contribution >= 0.6 is 11.8 Å². The Kier molecular flexibility index (Phi) is 6.73. The molecule has 0 radical (unpaired) electrons. The lowest BCUT2D eigenvalue weighted by Gasteiger charge is -2.22. The maximum absolute atomic E-state index is 12.8. The first-order valence-corrected chi connectivity index (χ1v) is 10.4. The van der Waals surface area contributed by atoms with E-state index in [1.807, 2.05) is 13.0 Å². The Morgan fingerprint density at radius 1 is 1.13 bits per heavy atom. The molecule has 3 rings (SSSR count). The van der Waals surface area contributed by atoms with Crippen LogP contribution in [0.25, 0.3) is 0 Å². The average molecular weight is 426 g/mol. The second kappa shape index (κ2) is 9.45. The van der Waals surface area contributed by atoms with Crippen molar-refractivity contribution in [3.05, 3.63) is 53.6 Å². The van der Waals surface area contributed by atoms with Crippen LogP contribution in [0.5, 0.6) is 0 Å². The molecule has 0 unspecified atom stereocenters. The number of thioether (sulfide) groups is 1. The fourth-order valence-electron chi connectivity index (χ4n) is 2.98. The Labute approximate surface area is 178 Å². The third-order valence-corrected chi connectivity index (χ3v) is 5.66. The highest BCUT2D eigenvalue weighted by atomic mass is 32.2. The summed E-state index contributed by atoms with van der Waals surface area (Å²) in [4.78, 5) is 50.3. The van der Waals surface area contributed by atoms with E-state index in [9.17, 15) is 19.2 Å². The zero-order chi connectivity index (χ0) is 21.7. The molecule has 30 heavy (non-hydrogen) atoms. The Morgan fingerprint density at radius 2 is 1.83 bits per heavy atom. The number of fused-ring (bicyclic) bond motifs is 1. The lowest BCUT2D eigenvalue weighted by atomic mass is 10.1. The number of amides is 4. The van der Waals surface area contributed by atoms with E-state index < -0.39 is 5.91 Å². The summed E-state index contributed by atoms with van der Waals surface area (Å²) < 4.78 is 0. The number of carbonyl (C=O) groups excluding carboxylic acids is 4. The van der Waals surface area contributed by atoms with Crippen LogP contribution in [0, 0.1) is 0 Å². The molecular formula is C21H22N4O4S. The van der Waals surface area contributed by atoms with Gasteiger partial charge in [0, 0.05) is 41.2 Å². The van der Waals surface area contributed by atoms with Gasteiger partial charge in [-0.3, -0.25) is 19.2 Å². The van der Waals surface area contributed by atoms with Gasteiger partial charge in [-0.25, -0.2) is 0 Å². The summed E-state index contributed by atoms with van der Waals surface area (Å²) in [6, 6.07) is 11.5. The third kappa shape index (κ3) is 5.18. The first-order valence-electron chi connectivity index (χ1n) is 9.43. The molecule has 4 N–H and O–H groups in total. The molecule has 0 saturated carbocycles. The van der Waals surface area contributed by atoms with Gasteiger partial charge in [0.15, 0.2) is 0 Å². The number of nitrogens with one attached hydrogen (secondary N) is 2. The fourth-order valence-corrected chi connectivity index (χ4v) is 3.77. The van der Waals surface area contributed by atoms with Crippen molar-refractivity contribution in [3.8, 4) is 0 Å². The van der Waals surface area contributed by atoms with E-state index in [-0.39, 0.29) is 30.7 Å². The summed E-state index contributed by atoms with van der Waals surface area (Å²) in [5.41, 5.74) is 7.19. The molecule has 0 saturated heterocycles. The highest BCUT2D eigenvalue weighted by Gasteiger charge is 2.20. The molecule has 1 aliphatic heterocycles. The quantitative estimate of drug-likeness (QED) is 0.627. The number of anilines is 2. The van der Waals surface area contributed by atoms with Crippen molar-refractivity contribution in [2.45, 2.75) is 18.2 Å². The Balaban J connectivity index is 1.59. The number of benzene rings is 2. The first-order chi connectivity index (χ1) is 14.4. The number of primary amides is 1. The Morgan fingerprint density at radius 3 is 2.50 bits per heavy atom. The predicted molar refractivity (Wildman–Crippen MR) is 116 cm³/mol. The van der Waals surface area contributed by atoms with Crippen LogP contribution < -0.4 is 16.4 Å². The van der Waals surface area contributed by atoms with E-state index in [2.05, 4.69) is 10.6 Å². The minimum atomic E-state index is -0.537. The minimum Gasteiger partial charge on any atom is -0.366 e. The number of carbonyl (C=O) groups is 4. The molecule has 8 nitrogen and oxygen atoms in total. The summed E-state index contributed by atoms with van der Waals surface area (Å²) in [6.45, 7) is 2.53. The number of hydrogen-bond acceptors (Lipinski definition) is 5. The van der Waals surface area contributed by atoms with Crippen molar-refractivity contribution in [3.63, 3.8) is 0 Å². The van der Waals surface area contributed by atoms with Crippen LogP contribution in [0.1, 0.15) is 34.1 Å². The van der Waals surface area contributed by atoms with Crippen molar-refractivity contribution in [2.24, 2.45) is 5.73 Å². The van der Waals surface area contributed by atoms with Gasteiger partial charge in [-0.2, -0.15) is 0 Å². The van der Waals surface area contributed by atoms with Gasteiger partial charge in [0.05, 0.1) is 11.4 Å². The van der Waals surface area contributed by atoms with Crippen LogP contribution in [-0.4, -0.2) is 47.4 Å². The predicted octanol–water partition coefficient (Wildman–Crippen LogP) is 2.32. The van der Waals surface area contributed by atoms with E-state index in [4.69, 9.17) is 5.73 Å². The first kappa shape index (κ1) is 21.4. The van der Waals surface area contributed by atoms with Crippen molar-refractivity contribution in [2.75, 3.05) is 29.5 Å². The van der Waals surface area contributed by atoms with Crippen LogP contribution in [0.15, 0.2) is 47.4 Å². The highest BCUT2D eigenvalue weighted by molar-refractivity contribution is 8.00. The zero-order valence-corrected chi connectivity index (χ0v) is 17.3. The molecule has 0 bridgehead atoms. The largest absolute Gasteiger partial charge is 0.366 e. The van der Waals surface area contributed by atoms with E-state index in [1.54, 1.807) is 29.2 Å². The normalized spacial score (nSPS) is 12.5. The Bertz CT molecular complexity index is 991. The zero-order valence-electron chi connectivity index (χ0n) is 16.4. The van der Waals surface area contributed by atoms with Crippen LogP contribution in [0.3, 0.4) is 0 Å². The molecule has 0 aliphatic carbocycles. The van der Waals surface area contributed by atoms with Gasteiger partial charge < -0.3 is 21.3 Å². The summed E-state index contributed by atoms with van der Waals surface area (Å²) in [5, 5.41) is 5.51. The average Bonchev–Trinajstić information content (AvgIpc) is 2.73. The van der Waals surface area contributed by atoms with Gasteiger partial charge >= 0.3 is 0 Å². The van der Waals surface area contributed by atoms with Crippen LogP contribution in [0.2, 0.25) is 0 Å². The molecule has 0 spiro atoms. The summed E-state index contributed by atoms with van der Waals surface area (Å²) >= 11 is 1.43. The second-order valence-corrected chi connectivity index (χ2v) is 7.69. The maximum atomic E-state index is 12.8. The molecule has 1 heterocycles. The third-order valence-electron chi connectivity index (χ3n) is 4.59. The molecular weight excluding hydrogens is 404 g/mol. The molecule has 4 amide bonds. The lowest BCUT2D eigenvalue weighted by molar-refractivity contribution is -0.116. The van der Waals surface area contributed by atoms with Crippen molar-refractivity contribution in [1.82, 2.24) is 4.90 Å². The number of nitrogens with zero attached hydrogens (tertiary/aromatic N) is 1. The van der Waals surface area contributed by atoms with Gasteiger partial charge in [0.25, 0.3) is 5.91 Å². The summed E-state index contributed by atoms with van der Waals surface area (Å²) in [7, 11) is 0. The molecule has 1 aliphatic rings. The van der Waals surface area contributed by atoms with Gasteiger partial charge in [-0.15, -0.1) is 11.8 Å². The summed E-state index contributed by atoms with van der Waals surface area (Å²) in [6.07, 6.45) is 0.120. The van der Waals surface area contributed by atoms with Crippen molar-refractivity contribution >= 4 is 46.8 Å². The lowest BCUT2D eigenvalue weighted by Crippen LogP contribution is -2.34. The highest BCUT2D eigenvalue weighted by Crippen LogP contribution is 2.32. The standard InChI is InChI=1S/C21H22N4O4S/c1-2-25(10-9-18(26)23-15-6-3-13(4-7-15)20(22)28)21(29)14-5-8-17-16(11-14)24-19(27)12-30-17/h3-8,11H,2,9-10,12H2,1H3,(H2,22,28)(H,23,26)(H,24,27). The monoisotopic (exact) mass is 426 g/mol. The van der Waals surface area contributed by atoms with Gasteiger partial charge in [0.2, 0.25) is 17.7 Å². The summed E-state index contributed by atoms with van der Waals surface area (Å²) in [5.74, 6) is -0.719. The smallest absolute Gasteiger partial charge is 0.253 e. The fraction of sp³-hybridized carbons (Fsp3) is 0.238. The van der Waals surface area contributed by atoms with Crippen LogP contribution in [0.4, 0.5) is 11.4 Å². The molecule has 2 aromatic carbocycles. The second-order valence-electron chi connectivity index (χ2n) is 6.67. The van der Waals surface area contributed by atoms with E-state index >= 15 is 0 Å². The number of nitrogens with two attached hydrogens (primary N) is 1. The topological polar surface area (TPSA) is 122 Å². The molecule has 0 atom stereocenters.